The van der Waals surface area contributed by atoms with E-state index in [1.807, 2.05) is 34.7 Å². The van der Waals surface area contributed by atoms with E-state index in [-0.39, 0.29) is 0 Å². The van der Waals surface area contributed by atoms with Gasteiger partial charge >= 0.3 is 0 Å². The lowest BCUT2D eigenvalue weighted by Gasteiger charge is -2.23. The van der Waals surface area contributed by atoms with Gasteiger partial charge in [-0.1, -0.05) is 27.7 Å². The van der Waals surface area contributed by atoms with Crippen molar-refractivity contribution in [1.29, 1.82) is 0 Å². The second-order valence-electron chi connectivity index (χ2n) is 3.29. The van der Waals surface area contributed by atoms with Crippen LogP contribution in [0.15, 0.2) is 0 Å². The van der Waals surface area contributed by atoms with Crippen molar-refractivity contribution in [2.24, 2.45) is 0 Å². The summed E-state index contributed by atoms with van der Waals surface area (Å²) in [7, 11) is 1.99. The van der Waals surface area contributed by atoms with Gasteiger partial charge in [-0.05, 0) is 14.0 Å². The monoisotopic (exact) mass is 205 g/mol. The number of ether oxygens (including phenoxy) is 1. The van der Waals surface area contributed by atoms with Gasteiger partial charge in [-0.15, -0.1) is 0 Å². The van der Waals surface area contributed by atoms with E-state index in [1.165, 1.54) is 0 Å². The van der Waals surface area contributed by atoms with Crippen molar-refractivity contribution in [2.45, 2.75) is 40.2 Å². The van der Waals surface area contributed by atoms with Crippen LogP contribution in [0.3, 0.4) is 0 Å². The lowest BCUT2D eigenvalue weighted by atomic mass is 10.1. The molecule has 3 nitrogen and oxygen atoms in total. The van der Waals surface area contributed by atoms with E-state index in [2.05, 4.69) is 4.90 Å². The first-order valence-corrected chi connectivity index (χ1v) is 5.59. The third kappa shape index (κ3) is 8.48. The fourth-order valence-electron chi connectivity index (χ4n) is 1.22. The molecule has 0 radical (unpaired) electrons. The molecule has 0 spiro atoms. The molecule has 0 aromatic heterocycles. The molecule has 0 amide bonds. The summed E-state index contributed by atoms with van der Waals surface area (Å²) in [5.74, 6) is 0. The largest absolute Gasteiger partial charge is 0.386 e. The molecule has 0 aliphatic carbocycles. The van der Waals surface area contributed by atoms with Crippen molar-refractivity contribution in [3.05, 3.63) is 0 Å². The van der Waals surface area contributed by atoms with Crippen LogP contribution in [-0.2, 0) is 4.74 Å². The summed E-state index contributed by atoms with van der Waals surface area (Å²) < 4.78 is 5.19. The van der Waals surface area contributed by atoms with E-state index in [9.17, 15) is 5.11 Å². The zero-order valence-corrected chi connectivity index (χ0v) is 10.6. The van der Waals surface area contributed by atoms with Gasteiger partial charge in [0.2, 0.25) is 0 Å². The average Bonchev–Trinajstić information content (AvgIpc) is 2.32. The van der Waals surface area contributed by atoms with Gasteiger partial charge in [0.15, 0.2) is 0 Å². The maximum atomic E-state index is 9.56. The molecule has 0 aromatic carbocycles. The summed E-state index contributed by atoms with van der Waals surface area (Å²) in [5.41, 5.74) is -0.661. The third-order valence-corrected chi connectivity index (χ3v) is 1.64. The topological polar surface area (TPSA) is 32.7 Å². The Hall–Kier alpha value is -0.120. The first-order valence-electron chi connectivity index (χ1n) is 5.59. The van der Waals surface area contributed by atoms with Crippen LogP contribution in [0, 0.1) is 0 Å². The molecule has 88 valence electrons. The molecule has 14 heavy (non-hydrogen) atoms. The van der Waals surface area contributed by atoms with Gasteiger partial charge in [0.1, 0.15) is 0 Å². The van der Waals surface area contributed by atoms with Crippen LogP contribution in [0.1, 0.15) is 34.6 Å². The van der Waals surface area contributed by atoms with Gasteiger partial charge in [0, 0.05) is 13.1 Å². The van der Waals surface area contributed by atoms with Gasteiger partial charge in [-0.25, -0.2) is 0 Å². The molecule has 1 atom stereocenters. The maximum Gasteiger partial charge on any atom is 0.0978 e. The Morgan fingerprint density at radius 1 is 1.21 bits per heavy atom. The smallest absolute Gasteiger partial charge is 0.0978 e. The van der Waals surface area contributed by atoms with Gasteiger partial charge in [-0.2, -0.15) is 0 Å². The number of hydrogen-bond acceptors (Lipinski definition) is 3. The van der Waals surface area contributed by atoms with Gasteiger partial charge in [-0.3, -0.25) is 0 Å². The van der Waals surface area contributed by atoms with E-state index in [0.29, 0.717) is 13.2 Å². The van der Waals surface area contributed by atoms with Crippen LogP contribution in [0.4, 0.5) is 0 Å². The van der Waals surface area contributed by atoms with Crippen molar-refractivity contribution in [3.8, 4) is 0 Å². The Labute approximate surface area is 89.1 Å². The minimum Gasteiger partial charge on any atom is -0.386 e. The van der Waals surface area contributed by atoms with E-state index >= 15 is 0 Å². The molecular formula is C11H27NO2. The molecule has 3 heteroatoms. The van der Waals surface area contributed by atoms with Crippen molar-refractivity contribution < 1.29 is 9.84 Å². The van der Waals surface area contributed by atoms with Crippen LogP contribution in [0.5, 0.6) is 0 Å². The predicted octanol–water partition coefficient (Wildman–Crippen LogP) is 1.75. The highest BCUT2D eigenvalue weighted by molar-refractivity contribution is 4.77. The van der Waals surface area contributed by atoms with Crippen molar-refractivity contribution in [1.82, 2.24) is 4.90 Å². The normalized spacial score (nSPS) is 27.6. The molecule has 1 fully saturated rings. The fraction of sp³-hybridized carbons (Fsp3) is 1.00. The van der Waals surface area contributed by atoms with Crippen LogP contribution in [0.25, 0.3) is 0 Å². The number of likely N-dealkylation sites (N-methyl/N-ethyl adjacent to an activating group) is 1. The lowest BCUT2D eigenvalue weighted by molar-refractivity contribution is -0.0202. The molecule has 1 heterocycles. The van der Waals surface area contributed by atoms with Gasteiger partial charge in [0.05, 0.1) is 18.8 Å². The highest BCUT2D eigenvalue weighted by Crippen LogP contribution is 2.08. The average molecular weight is 205 g/mol. The Bertz CT molecular complexity index is 116. The Kier molecular flexibility index (Phi) is 11.0. The second kappa shape index (κ2) is 9.44. The van der Waals surface area contributed by atoms with Crippen molar-refractivity contribution in [3.63, 3.8) is 0 Å². The van der Waals surface area contributed by atoms with Crippen LogP contribution < -0.4 is 0 Å². The van der Waals surface area contributed by atoms with Gasteiger partial charge in [0.25, 0.3) is 0 Å². The summed E-state index contributed by atoms with van der Waals surface area (Å²) in [6.07, 6.45) is 0. The number of hydrogen-bond donors (Lipinski definition) is 1. The molecule has 0 bridgehead atoms. The standard InChI is InChI=1S/C7H15NO2.2C2H6/c1-7(9)5-8(2)3-4-10-6-7;2*1-2/h9H,3-6H2,1-2H3;2*1-2H3. The maximum absolute atomic E-state index is 9.56. The van der Waals surface area contributed by atoms with Crippen molar-refractivity contribution in [2.75, 3.05) is 33.4 Å². The zero-order valence-electron chi connectivity index (χ0n) is 10.6. The molecule has 0 saturated carbocycles. The summed E-state index contributed by atoms with van der Waals surface area (Å²) in [4.78, 5) is 2.08. The molecule has 0 aromatic rings. The zero-order chi connectivity index (χ0) is 11.6. The third-order valence-electron chi connectivity index (χ3n) is 1.64. The summed E-state index contributed by atoms with van der Waals surface area (Å²) in [6.45, 7) is 12.6. The van der Waals surface area contributed by atoms with E-state index < -0.39 is 5.60 Å². The summed E-state index contributed by atoms with van der Waals surface area (Å²) in [5, 5.41) is 9.56. The molecular weight excluding hydrogens is 178 g/mol. The highest BCUT2D eigenvalue weighted by Gasteiger charge is 2.24. The molecule has 1 aliphatic rings. The van der Waals surface area contributed by atoms with E-state index in [1.54, 1.807) is 6.92 Å². The lowest BCUT2D eigenvalue weighted by Crippen LogP contribution is -2.39. The first-order chi connectivity index (χ1) is 6.60. The summed E-state index contributed by atoms with van der Waals surface area (Å²) >= 11 is 0. The minimum absolute atomic E-state index is 0.456. The molecule has 1 saturated heterocycles. The Morgan fingerprint density at radius 3 is 2.21 bits per heavy atom. The van der Waals surface area contributed by atoms with E-state index in [4.69, 9.17) is 4.74 Å². The highest BCUT2D eigenvalue weighted by atomic mass is 16.5. The predicted molar refractivity (Wildman–Crippen MR) is 61.6 cm³/mol. The molecule has 1 unspecified atom stereocenters. The number of β-amino-alcohol motifs (C(OH)–C–C–N with tert-alkyl or cyclic N) is 1. The molecule has 1 aliphatic heterocycles. The number of rotatable bonds is 0. The second-order valence-corrected chi connectivity index (χ2v) is 3.29. The van der Waals surface area contributed by atoms with Crippen molar-refractivity contribution >= 4 is 0 Å². The van der Waals surface area contributed by atoms with E-state index in [0.717, 1.165) is 13.2 Å². The number of nitrogens with zero attached hydrogens (tertiary/aromatic N) is 1. The Morgan fingerprint density at radius 2 is 1.71 bits per heavy atom. The Balaban J connectivity index is 0. The fourth-order valence-corrected chi connectivity index (χ4v) is 1.22. The van der Waals surface area contributed by atoms with Crippen LogP contribution in [0.2, 0.25) is 0 Å². The van der Waals surface area contributed by atoms with Crippen LogP contribution in [-0.4, -0.2) is 49.0 Å². The quantitative estimate of drug-likeness (QED) is 0.654. The molecule has 1 rings (SSSR count). The minimum atomic E-state index is -0.661. The molecule has 1 N–H and O–H groups in total. The van der Waals surface area contributed by atoms with Crippen LogP contribution >= 0.6 is 0 Å². The first kappa shape index (κ1) is 16.3. The SMILES string of the molecule is CC.CC.CN1CCOCC(C)(O)C1. The number of aliphatic hydroxyl groups is 1. The van der Waals surface area contributed by atoms with Gasteiger partial charge < -0.3 is 14.7 Å². The summed E-state index contributed by atoms with van der Waals surface area (Å²) in [6, 6.07) is 0.